The van der Waals surface area contributed by atoms with E-state index in [9.17, 15) is 22.8 Å². The van der Waals surface area contributed by atoms with Crippen LogP contribution >= 0.6 is 0 Å². The summed E-state index contributed by atoms with van der Waals surface area (Å²) in [7, 11) is 0. The number of likely N-dealkylation sites (tertiary alicyclic amines) is 1. The van der Waals surface area contributed by atoms with Crippen LogP contribution in [0.4, 0.5) is 17.6 Å². The molecule has 1 unspecified atom stereocenters. The molecular weight excluding hydrogens is 426 g/mol. The molecule has 2 amide bonds. The van der Waals surface area contributed by atoms with Crippen LogP contribution in [0.25, 0.3) is 21.8 Å². The minimum absolute atomic E-state index is 0.183. The fourth-order valence-corrected chi connectivity index (χ4v) is 4.59. The predicted octanol–water partition coefficient (Wildman–Crippen LogP) is 4.40. The van der Waals surface area contributed by atoms with Gasteiger partial charge in [-0.05, 0) is 42.7 Å². The SMILES string of the molecule is C=CC(=O)N1CCCC(c2c(F)cc(CC(N)=O)c3[nH]c4cc(C(F)(F)F)ccc4c23)C1. The number of nitrogens with zero attached hydrogens (tertiary/aromatic N) is 1. The second-order valence-corrected chi connectivity index (χ2v) is 8.03. The summed E-state index contributed by atoms with van der Waals surface area (Å²) in [6, 6.07) is 4.44. The Morgan fingerprint density at radius 1 is 1.28 bits per heavy atom. The van der Waals surface area contributed by atoms with Gasteiger partial charge in [-0.15, -0.1) is 0 Å². The molecule has 1 aliphatic rings. The third kappa shape index (κ3) is 3.83. The number of H-pyrrole nitrogens is 1. The van der Waals surface area contributed by atoms with Crippen molar-refractivity contribution in [1.29, 1.82) is 0 Å². The molecule has 32 heavy (non-hydrogen) atoms. The number of halogens is 4. The molecule has 5 nitrogen and oxygen atoms in total. The fourth-order valence-electron chi connectivity index (χ4n) is 4.59. The van der Waals surface area contributed by atoms with Gasteiger partial charge in [0.05, 0.1) is 17.5 Å². The summed E-state index contributed by atoms with van der Waals surface area (Å²) in [6.07, 6.45) is -2.35. The van der Waals surface area contributed by atoms with Crippen molar-refractivity contribution in [3.8, 4) is 0 Å². The number of alkyl halides is 3. The van der Waals surface area contributed by atoms with Crippen molar-refractivity contribution in [1.82, 2.24) is 9.88 Å². The first-order valence-electron chi connectivity index (χ1n) is 10.1. The summed E-state index contributed by atoms with van der Waals surface area (Å²) < 4.78 is 55.1. The molecule has 9 heteroatoms. The van der Waals surface area contributed by atoms with Gasteiger partial charge in [0.15, 0.2) is 0 Å². The summed E-state index contributed by atoms with van der Waals surface area (Å²) in [4.78, 5) is 28.2. The van der Waals surface area contributed by atoms with Gasteiger partial charge >= 0.3 is 6.18 Å². The number of piperidine rings is 1. The van der Waals surface area contributed by atoms with Crippen molar-refractivity contribution in [3.05, 3.63) is 59.4 Å². The Bertz CT molecular complexity index is 1250. The van der Waals surface area contributed by atoms with E-state index < -0.39 is 23.5 Å². The molecule has 0 radical (unpaired) electrons. The Hall–Kier alpha value is -3.36. The summed E-state index contributed by atoms with van der Waals surface area (Å²) in [6.45, 7) is 4.28. The van der Waals surface area contributed by atoms with Gasteiger partial charge in [0.1, 0.15) is 5.82 Å². The summed E-state index contributed by atoms with van der Waals surface area (Å²) >= 11 is 0. The number of hydrogen-bond acceptors (Lipinski definition) is 2. The highest BCUT2D eigenvalue weighted by molar-refractivity contribution is 6.11. The lowest BCUT2D eigenvalue weighted by Crippen LogP contribution is -2.38. The molecule has 168 valence electrons. The molecular formula is C23H21F4N3O2. The number of aromatic amines is 1. The van der Waals surface area contributed by atoms with E-state index in [-0.39, 0.29) is 35.9 Å². The number of rotatable bonds is 4. The monoisotopic (exact) mass is 447 g/mol. The molecule has 3 aromatic rings. The molecule has 1 atom stereocenters. The Balaban J connectivity index is 1.96. The zero-order valence-electron chi connectivity index (χ0n) is 17.1. The lowest BCUT2D eigenvalue weighted by atomic mass is 9.86. The largest absolute Gasteiger partial charge is 0.416 e. The highest BCUT2D eigenvalue weighted by Gasteiger charge is 2.32. The van der Waals surface area contributed by atoms with Crippen LogP contribution in [0.3, 0.4) is 0 Å². The number of nitrogens with one attached hydrogen (secondary N) is 1. The van der Waals surface area contributed by atoms with E-state index >= 15 is 4.39 Å². The van der Waals surface area contributed by atoms with Gasteiger partial charge in [-0.1, -0.05) is 12.6 Å². The van der Waals surface area contributed by atoms with Crippen molar-refractivity contribution < 1.29 is 27.2 Å². The lowest BCUT2D eigenvalue weighted by molar-refractivity contribution is -0.137. The second kappa shape index (κ2) is 7.96. The number of primary amides is 1. The average Bonchev–Trinajstić information content (AvgIpc) is 3.11. The van der Waals surface area contributed by atoms with Crippen molar-refractivity contribution in [2.45, 2.75) is 31.4 Å². The minimum atomic E-state index is -4.54. The van der Waals surface area contributed by atoms with Crippen molar-refractivity contribution in [2.24, 2.45) is 5.73 Å². The van der Waals surface area contributed by atoms with Crippen molar-refractivity contribution in [3.63, 3.8) is 0 Å². The van der Waals surface area contributed by atoms with Gasteiger partial charge in [0.25, 0.3) is 0 Å². The molecule has 2 heterocycles. The maximum Gasteiger partial charge on any atom is 0.416 e. The Labute approximate surface area is 180 Å². The molecule has 0 bridgehead atoms. The highest BCUT2D eigenvalue weighted by Crippen LogP contribution is 2.41. The standard InChI is InChI=1S/C23H21F4N3O2/c1-2-19(32)30-7-3-4-12(11-30)20-16(24)8-13(9-18(28)31)22-21(20)15-6-5-14(23(25,26)27)10-17(15)29-22/h2,5-6,8,10,12,29H,1,3-4,7,9,11H2,(H2,28,31). The number of nitrogens with two attached hydrogens (primary N) is 1. The van der Waals surface area contributed by atoms with E-state index in [4.69, 9.17) is 5.73 Å². The first-order chi connectivity index (χ1) is 15.1. The van der Waals surface area contributed by atoms with E-state index in [1.54, 1.807) is 4.90 Å². The van der Waals surface area contributed by atoms with E-state index in [1.165, 1.54) is 18.2 Å². The molecule has 3 N–H and O–H groups in total. The third-order valence-electron chi connectivity index (χ3n) is 5.96. The Morgan fingerprint density at radius 3 is 2.69 bits per heavy atom. The molecule has 2 aromatic carbocycles. The zero-order valence-corrected chi connectivity index (χ0v) is 17.1. The van der Waals surface area contributed by atoms with Crippen LogP contribution < -0.4 is 5.73 Å². The van der Waals surface area contributed by atoms with Gasteiger partial charge in [0.2, 0.25) is 11.8 Å². The molecule has 1 fully saturated rings. The van der Waals surface area contributed by atoms with Crippen LogP contribution in [0.5, 0.6) is 0 Å². The van der Waals surface area contributed by atoms with Crippen LogP contribution in [0.15, 0.2) is 36.9 Å². The van der Waals surface area contributed by atoms with Crippen LogP contribution in [0.2, 0.25) is 0 Å². The number of benzene rings is 2. The molecule has 1 saturated heterocycles. The number of fused-ring (bicyclic) bond motifs is 3. The molecule has 0 aliphatic carbocycles. The van der Waals surface area contributed by atoms with Gasteiger partial charge in [-0.3, -0.25) is 9.59 Å². The van der Waals surface area contributed by atoms with Gasteiger partial charge < -0.3 is 15.6 Å². The second-order valence-electron chi connectivity index (χ2n) is 8.03. The van der Waals surface area contributed by atoms with Crippen LogP contribution in [-0.2, 0) is 22.2 Å². The zero-order chi connectivity index (χ0) is 23.2. The number of amides is 2. The topological polar surface area (TPSA) is 79.2 Å². The van der Waals surface area contributed by atoms with E-state index in [0.29, 0.717) is 41.2 Å². The number of aromatic nitrogens is 1. The van der Waals surface area contributed by atoms with E-state index in [0.717, 1.165) is 12.1 Å². The first-order valence-corrected chi connectivity index (χ1v) is 10.1. The fraction of sp³-hybridized carbons (Fsp3) is 0.304. The summed E-state index contributed by atoms with van der Waals surface area (Å²) in [5.41, 5.74) is 5.62. The predicted molar refractivity (Wildman–Crippen MR) is 112 cm³/mol. The Kier molecular flexibility index (Phi) is 5.44. The number of carbonyl (C=O) groups excluding carboxylic acids is 2. The lowest BCUT2D eigenvalue weighted by Gasteiger charge is -2.33. The van der Waals surface area contributed by atoms with E-state index in [1.807, 2.05) is 0 Å². The van der Waals surface area contributed by atoms with E-state index in [2.05, 4.69) is 11.6 Å². The summed E-state index contributed by atoms with van der Waals surface area (Å²) in [5.74, 6) is -1.88. The smallest absolute Gasteiger partial charge is 0.369 e. The number of hydrogen-bond donors (Lipinski definition) is 2. The summed E-state index contributed by atoms with van der Waals surface area (Å²) in [5, 5.41) is 0.836. The third-order valence-corrected chi connectivity index (χ3v) is 5.96. The van der Waals surface area contributed by atoms with Crippen LogP contribution in [0, 0.1) is 5.82 Å². The molecule has 1 aromatic heterocycles. The highest BCUT2D eigenvalue weighted by atomic mass is 19.4. The maximum atomic E-state index is 15.4. The average molecular weight is 447 g/mol. The molecule has 0 spiro atoms. The molecule has 4 rings (SSSR count). The van der Waals surface area contributed by atoms with Crippen molar-refractivity contribution in [2.75, 3.05) is 13.1 Å². The van der Waals surface area contributed by atoms with Gasteiger partial charge in [-0.2, -0.15) is 13.2 Å². The minimum Gasteiger partial charge on any atom is -0.369 e. The van der Waals surface area contributed by atoms with Crippen molar-refractivity contribution >= 4 is 33.6 Å². The first kappa shape index (κ1) is 21.9. The normalized spacial score (nSPS) is 17.1. The number of carbonyl (C=O) groups is 2. The maximum absolute atomic E-state index is 15.4. The van der Waals surface area contributed by atoms with Gasteiger partial charge in [-0.25, -0.2) is 4.39 Å². The van der Waals surface area contributed by atoms with Crippen LogP contribution in [0.1, 0.15) is 35.4 Å². The van der Waals surface area contributed by atoms with Gasteiger partial charge in [0, 0.05) is 40.9 Å². The van der Waals surface area contributed by atoms with Crippen LogP contribution in [-0.4, -0.2) is 34.8 Å². The Morgan fingerprint density at radius 2 is 2.03 bits per heavy atom. The quantitative estimate of drug-likeness (QED) is 0.459. The molecule has 1 aliphatic heterocycles. The molecule has 0 saturated carbocycles.